The minimum atomic E-state index is 0.230. The van der Waals surface area contributed by atoms with Crippen molar-refractivity contribution in [2.45, 2.75) is 91.9 Å². The first-order valence-electron chi connectivity index (χ1n) is 13.4. The predicted molar refractivity (Wildman–Crippen MR) is 148 cm³/mol. The van der Waals surface area contributed by atoms with Crippen molar-refractivity contribution in [3.8, 4) is 6.07 Å². The molecule has 1 radical (unpaired) electrons. The second-order valence-electron chi connectivity index (χ2n) is 8.86. The van der Waals surface area contributed by atoms with Gasteiger partial charge in [0.05, 0.1) is 11.6 Å². The highest BCUT2D eigenvalue weighted by molar-refractivity contribution is 6.53. The molecule has 0 amide bonds. The zero-order chi connectivity index (χ0) is 25.2. The van der Waals surface area contributed by atoms with Crippen LogP contribution in [0.2, 0.25) is 6.32 Å². The summed E-state index contributed by atoms with van der Waals surface area (Å²) in [4.78, 5) is 2.64. The molecule has 2 aromatic carbocycles. The monoisotopic (exact) mass is 461 g/mol. The highest BCUT2D eigenvalue weighted by atomic mass is 16.2. The fourth-order valence-electron chi connectivity index (χ4n) is 4.16. The number of hydrogen-bond acceptors (Lipinski definition) is 3. The Kier molecular flexibility index (Phi) is 16.1. The van der Waals surface area contributed by atoms with Crippen LogP contribution in [0.4, 0.5) is 0 Å². The number of nitriles is 1. The Hall–Kier alpha value is -2.09. The average Bonchev–Trinajstić information content (AvgIpc) is 3.44. The molecule has 0 spiro atoms. The van der Waals surface area contributed by atoms with Gasteiger partial charge in [0, 0.05) is 12.6 Å². The van der Waals surface area contributed by atoms with Crippen LogP contribution in [0.25, 0.3) is 0 Å². The van der Waals surface area contributed by atoms with Gasteiger partial charge in [0.1, 0.15) is 0 Å². The molecular formula is C30H46BN2O. The summed E-state index contributed by atoms with van der Waals surface area (Å²) in [7, 11) is 2.03. The minimum absolute atomic E-state index is 0.230. The SMILES string of the molecule is CC.CCCC.Cc1ccc([B]CCO)cc1.N#Cc1ccc2c(c1)CC(N1CCCC1)CC2. The molecule has 34 heavy (non-hydrogen) atoms. The van der Waals surface area contributed by atoms with E-state index in [1.807, 2.05) is 27.2 Å². The molecule has 1 atom stereocenters. The summed E-state index contributed by atoms with van der Waals surface area (Å²) in [6.07, 6.45) is 9.72. The Bertz CT molecular complexity index is 821. The molecule has 1 fully saturated rings. The third-order valence-electron chi connectivity index (χ3n) is 6.28. The van der Waals surface area contributed by atoms with Crippen LogP contribution in [0, 0.1) is 18.3 Å². The van der Waals surface area contributed by atoms with E-state index in [1.54, 1.807) is 0 Å². The molecule has 1 saturated heterocycles. The van der Waals surface area contributed by atoms with Crippen LogP contribution in [0.3, 0.4) is 0 Å². The largest absolute Gasteiger partial charge is 0.397 e. The summed E-state index contributed by atoms with van der Waals surface area (Å²) in [6.45, 7) is 13.2. The van der Waals surface area contributed by atoms with Gasteiger partial charge in [0.15, 0.2) is 7.28 Å². The lowest BCUT2D eigenvalue weighted by molar-refractivity contribution is 0.222. The van der Waals surface area contributed by atoms with E-state index in [9.17, 15) is 0 Å². The van der Waals surface area contributed by atoms with E-state index in [2.05, 4.69) is 68.1 Å². The first-order valence-corrected chi connectivity index (χ1v) is 13.4. The van der Waals surface area contributed by atoms with Crippen LogP contribution in [0.15, 0.2) is 42.5 Å². The van der Waals surface area contributed by atoms with Crippen molar-refractivity contribution in [2.24, 2.45) is 0 Å². The Morgan fingerprint density at radius 2 is 1.65 bits per heavy atom. The molecule has 185 valence electrons. The van der Waals surface area contributed by atoms with Crippen LogP contribution in [-0.2, 0) is 12.8 Å². The summed E-state index contributed by atoms with van der Waals surface area (Å²) in [5.41, 5.74) is 6.13. The number of rotatable bonds is 5. The number of nitrogens with zero attached hydrogens (tertiary/aromatic N) is 2. The zero-order valence-electron chi connectivity index (χ0n) is 22.3. The van der Waals surface area contributed by atoms with Crippen molar-refractivity contribution in [1.82, 2.24) is 4.90 Å². The standard InChI is InChI=1S/C15H18N2.C9H12BO.C4H10.C2H6/c16-11-12-3-4-13-5-6-15(10-14(13)9-12)17-7-1-2-8-17;1-8-2-4-9(5-3-8)10-6-7-11;1-3-4-2;1-2/h3-4,9,15H,1-2,5-8,10H2;2-5,11H,6-7H2,1H3;3-4H2,1-2H3;1-2H3. The lowest BCUT2D eigenvalue weighted by Crippen LogP contribution is -2.37. The maximum absolute atomic E-state index is 8.96. The van der Waals surface area contributed by atoms with Crippen LogP contribution in [0.5, 0.6) is 0 Å². The summed E-state index contributed by atoms with van der Waals surface area (Å²) < 4.78 is 0. The number of likely N-dealkylation sites (tertiary alicyclic amines) is 1. The second kappa shape index (κ2) is 18.3. The molecule has 1 aliphatic carbocycles. The number of aryl methyl sites for hydroxylation is 2. The molecule has 4 heteroatoms. The molecule has 0 bridgehead atoms. The lowest BCUT2D eigenvalue weighted by atomic mass is 9.67. The first-order chi connectivity index (χ1) is 16.6. The van der Waals surface area contributed by atoms with Crippen molar-refractivity contribution >= 4 is 12.7 Å². The zero-order valence-corrected chi connectivity index (χ0v) is 22.3. The fraction of sp³-hybridized carbons (Fsp3) is 0.567. The van der Waals surface area contributed by atoms with Crippen LogP contribution in [0.1, 0.15) is 82.1 Å². The summed E-state index contributed by atoms with van der Waals surface area (Å²) >= 11 is 0. The third-order valence-corrected chi connectivity index (χ3v) is 6.28. The van der Waals surface area contributed by atoms with Gasteiger partial charge in [-0.15, -0.1) is 0 Å². The summed E-state index contributed by atoms with van der Waals surface area (Å²) in [5.74, 6) is 0. The molecule has 1 aliphatic heterocycles. The van der Waals surface area contributed by atoms with Gasteiger partial charge < -0.3 is 10.0 Å². The summed E-state index contributed by atoms with van der Waals surface area (Å²) in [6, 6.07) is 17.4. The van der Waals surface area contributed by atoms with Gasteiger partial charge in [-0.2, -0.15) is 5.26 Å². The number of aliphatic hydroxyl groups is 1. The Morgan fingerprint density at radius 3 is 2.21 bits per heavy atom. The molecular weight excluding hydrogens is 415 g/mol. The second-order valence-corrected chi connectivity index (χ2v) is 8.86. The Balaban J connectivity index is 0.000000294. The number of fused-ring (bicyclic) bond motifs is 1. The Morgan fingerprint density at radius 1 is 1.00 bits per heavy atom. The molecule has 0 saturated carbocycles. The van der Waals surface area contributed by atoms with E-state index in [-0.39, 0.29) is 6.61 Å². The lowest BCUT2D eigenvalue weighted by Gasteiger charge is -2.32. The van der Waals surface area contributed by atoms with Crippen molar-refractivity contribution in [3.05, 3.63) is 64.7 Å². The molecule has 1 N–H and O–H groups in total. The summed E-state index contributed by atoms with van der Waals surface area (Å²) in [5, 5.41) is 17.5. The van der Waals surface area contributed by atoms with Gasteiger partial charge in [-0.1, -0.05) is 88.2 Å². The van der Waals surface area contributed by atoms with Gasteiger partial charge in [0.25, 0.3) is 0 Å². The third kappa shape index (κ3) is 10.9. The van der Waals surface area contributed by atoms with Crippen molar-refractivity contribution in [1.29, 1.82) is 5.26 Å². The molecule has 2 aliphatic rings. The van der Waals surface area contributed by atoms with E-state index in [1.165, 1.54) is 73.8 Å². The molecule has 0 aromatic heterocycles. The van der Waals surface area contributed by atoms with Crippen LogP contribution >= 0.6 is 0 Å². The minimum Gasteiger partial charge on any atom is -0.397 e. The Labute approximate surface area is 210 Å². The van der Waals surface area contributed by atoms with Crippen molar-refractivity contribution in [2.75, 3.05) is 19.7 Å². The van der Waals surface area contributed by atoms with Gasteiger partial charge in [-0.3, -0.25) is 0 Å². The number of benzene rings is 2. The van der Waals surface area contributed by atoms with Crippen molar-refractivity contribution in [3.63, 3.8) is 0 Å². The van der Waals surface area contributed by atoms with Gasteiger partial charge in [-0.05, 0) is 75.4 Å². The van der Waals surface area contributed by atoms with E-state index < -0.39 is 0 Å². The number of aliphatic hydroxyl groups excluding tert-OH is 1. The predicted octanol–water partition coefficient (Wildman–Crippen LogP) is 6.08. The molecule has 4 rings (SSSR count). The number of hydrogen-bond donors (Lipinski definition) is 1. The average molecular weight is 462 g/mol. The van der Waals surface area contributed by atoms with Crippen molar-refractivity contribution < 1.29 is 5.11 Å². The van der Waals surface area contributed by atoms with E-state index >= 15 is 0 Å². The fourth-order valence-corrected chi connectivity index (χ4v) is 4.16. The van der Waals surface area contributed by atoms with E-state index in [0.29, 0.717) is 0 Å². The highest BCUT2D eigenvalue weighted by Gasteiger charge is 2.26. The normalized spacial score (nSPS) is 16.3. The maximum atomic E-state index is 8.96. The number of unbranched alkanes of at least 4 members (excludes halogenated alkanes) is 1. The van der Waals surface area contributed by atoms with Gasteiger partial charge in [-0.25, -0.2) is 0 Å². The smallest absolute Gasteiger partial charge is 0.153 e. The molecule has 1 unspecified atom stereocenters. The molecule has 1 heterocycles. The molecule has 3 nitrogen and oxygen atoms in total. The van der Waals surface area contributed by atoms with E-state index in [4.69, 9.17) is 10.4 Å². The topological polar surface area (TPSA) is 47.3 Å². The van der Waals surface area contributed by atoms with Crippen LogP contribution < -0.4 is 5.46 Å². The quantitative estimate of drug-likeness (QED) is 0.549. The van der Waals surface area contributed by atoms with Gasteiger partial charge >= 0.3 is 0 Å². The van der Waals surface area contributed by atoms with Gasteiger partial charge in [0.2, 0.25) is 0 Å². The maximum Gasteiger partial charge on any atom is 0.153 e. The highest BCUT2D eigenvalue weighted by Crippen LogP contribution is 2.27. The first kappa shape index (κ1) is 29.9. The molecule has 2 aromatic rings. The van der Waals surface area contributed by atoms with Crippen LogP contribution in [-0.4, -0.2) is 43.0 Å². The van der Waals surface area contributed by atoms with E-state index in [0.717, 1.165) is 24.3 Å².